The summed E-state index contributed by atoms with van der Waals surface area (Å²) < 4.78 is 67.8. The molecule has 17 nitrogen and oxygen atoms in total. The Balaban J connectivity index is 5.16. The molecule has 0 aliphatic rings. The number of unbranched alkanes of at least 4 members (excludes halogenated alkanes) is 36. The number of aliphatic hydroxyl groups excluding tert-OH is 1. The van der Waals surface area contributed by atoms with Crippen molar-refractivity contribution in [1.82, 2.24) is 0 Å². The van der Waals surface area contributed by atoms with Crippen molar-refractivity contribution in [2.24, 2.45) is 5.92 Å². The van der Waals surface area contributed by atoms with Crippen LogP contribution in [0.2, 0.25) is 0 Å². The summed E-state index contributed by atoms with van der Waals surface area (Å²) in [6, 6.07) is 0. The molecule has 0 aromatic carbocycles. The van der Waals surface area contributed by atoms with Gasteiger partial charge in [0.15, 0.2) is 12.2 Å². The number of carbonyl (C=O) groups excluding carboxylic acids is 4. The predicted molar refractivity (Wildman–Crippen MR) is 331 cm³/mol. The lowest BCUT2D eigenvalue weighted by Gasteiger charge is -2.21. The van der Waals surface area contributed by atoms with Gasteiger partial charge in [-0.15, -0.1) is 0 Å². The van der Waals surface area contributed by atoms with Crippen molar-refractivity contribution in [1.29, 1.82) is 0 Å². The lowest BCUT2D eigenvalue weighted by Crippen LogP contribution is -2.30. The fourth-order valence-electron chi connectivity index (χ4n) is 9.58. The Bertz CT molecular complexity index is 1620. The van der Waals surface area contributed by atoms with E-state index in [4.69, 9.17) is 37.0 Å². The van der Waals surface area contributed by atoms with Crippen LogP contribution < -0.4 is 0 Å². The number of rotatable bonds is 64. The first kappa shape index (κ1) is 81.1. The first-order chi connectivity index (χ1) is 40.0. The van der Waals surface area contributed by atoms with Gasteiger partial charge >= 0.3 is 39.5 Å². The second-order valence-electron chi connectivity index (χ2n) is 23.6. The molecule has 0 fully saturated rings. The summed E-state index contributed by atoms with van der Waals surface area (Å²) >= 11 is 0. The van der Waals surface area contributed by atoms with Gasteiger partial charge in [0.25, 0.3) is 0 Å². The van der Waals surface area contributed by atoms with E-state index in [1.807, 2.05) is 0 Å². The van der Waals surface area contributed by atoms with Crippen molar-refractivity contribution >= 4 is 39.5 Å². The van der Waals surface area contributed by atoms with Crippen LogP contribution in [0.1, 0.15) is 324 Å². The van der Waals surface area contributed by atoms with Crippen molar-refractivity contribution in [2.45, 2.75) is 342 Å². The van der Waals surface area contributed by atoms with Crippen LogP contribution >= 0.6 is 15.6 Å². The van der Waals surface area contributed by atoms with E-state index in [0.717, 1.165) is 102 Å². The number of phosphoric acid groups is 2. The second kappa shape index (κ2) is 57.8. The standard InChI is InChI=1S/C64H124O17P2/c1-6-9-12-15-17-19-20-21-22-23-24-25-31-35-40-45-50-64(69)81-60(54-75-62(67)48-43-38-33-30-27-26-29-32-37-41-46-57(4)5)56-79-83(72,73)77-52-58(65)51-76-82(70,71)78-55-59(53-74-61(66)47-42-36-14-11-8-3)80-63(68)49-44-39-34-28-18-16-13-10-7-2/h57-60,65H,6-56H2,1-5H3,(H,70,71)(H,72,73)/t58-,59+,60+/m0/s1. The molecule has 83 heavy (non-hydrogen) atoms. The maximum atomic E-state index is 13.0. The maximum absolute atomic E-state index is 13.0. The Morgan fingerprint density at radius 3 is 0.819 bits per heavy atom. The van der Waals surface area contributed by atoms with Gasteiger partial charge in [-0.3, -0.25) is 37.3 Å². The number of aliphatic hydroxyl groups is 1. The molecule has 0 aromatic heterocycles. The van der Waals surface area contributed by atoms with Crippen molar-refractivity contribution in [3.05, 3.63) is 0 Å². The largest absolute Gasteiger partial charge is 0.472 e. The lowest BCUT2D eigenvalue weighted by atomic mass is 10.0. The molecule has 492 valence electrons. The zero-order valence-electron chi connectivity index (χ0n) is 53.3. The predicted octanol–water partition coefficient (Wildman–Crippen LogP) is 17.8. The smallest absolute Gasteiger partial charge is 0.462 e. The molecule has 0 heterocycles. The number of phosphoric ester groups is 2. The van der Waals surface area contributed by atoms with Gasteiger partial charge < -0.3 is 33.8 Å². The highest BCUT2D eigenvalue weighted by Crippen LogP contribution is 2.45. The molecule has 0 amide bonds. The highest BCUT2D eigenvalue weighted by atomic mass is 31.2. The summed E-state index contributed by atoms with van der Waals surface area (Å²) in [4.78, 5) is 71.9. The molecular weight excluding hydrogens is 1100 g/mol. The summed E-state index contributed by atoms with van der Waals surface area (Å²) in [7, 11) is -9.88. The van der Waals surface area contributed by atoms with Gasteiger partial charge in [-0.1, -0.05) is 272 Å². The maximum Gasteiger partial charge on any atom is 0.472 e. The van der Waals surface area contributed by atoms with E-state index in [9.17, 15) is 43.2 Å². The third-order valence-electron chi connectivity index (χ3n) is 14.8. The average molecular weight is 1230 g/mol. The molecule has 0 rings (SSSR count). The lowest BCUT2D eigenvalue weighted by molar-refractivity contribution is -0.161. The third-order valence-corrected chi connectivity index (χ3v) is 16.7. The fourth-order valence-corrected chi connectivity index (χ4v) is 11.2. The van der Waals surface area contributed by atoms with E-state index < -0.39 is 97.5 Å². The zero-order valence-corrected chi connectivity index (χ0v) is 55.1. The fraction of sp³-hybridized carbons (Fsp3) is 0.938. The first-order valence-corrected chi connectivity index (χ1v) is 36.6. The number of hydrogen-bond donors (Lipinski definition) is 3. The summed E-state index contributed by atoms with van der Waals surface area (Å²) in [6.45, 7) is 7.09. The van der Waals surface area contributed by atoms with Gasteiger partial charge in [-0.2, -0.15) is 0 Å². The molecule has 19 heteroatoms. The monoisotopic (exact) mass is 1230 g/mol. The van der Waals surface area contributed by atoms with Crippen LogP contribution in [0, 0.1) is 5.92 Å². The Morgan fingerprint density at radius 1 is 0.325 bits per heavy atom. The van der Waals surface area contributed by atoms with E-state index in [1.165, 1.54) is 141 Å². The Labute approximate surface area is 505 Å². The number of carbonyl (C=O) groups is 4. The summed E-state index contributed by atoms with van der Waals surface area (Å²) in [5.41, 5.74) is 0. The normalized spacial score (nSPS) is 14.2. The minimum absolute atomic E-state index is 0.105. The van der Waals surface area contributed by atoms with Gasteiger partial charge in [0.2, 0.25) is 0 Å². The summed E-state index contributed by atoms with van der Waals surface area (Å²) in [6.07, 6.45) is 42.0. The quantitative estimate of drug-likeness (QED) is 0.0222. The van der Waals surface area contributed by atoms with Gasteiger partial charge in [-0.05, 0) is 31.6 Å². The van der Waals surface area contributed by atoms with Crippen LogP contribution in [0.15, 0.2) is 0 Å². The summed E-state index contributed by atoms with van der Waals surface area (Å²) in [5.74, 6) is -1.38. The third kappa shape index (κ3) is 58.8. The molecule has 0 aromatic rings. The van der Waals surface area contributed by atoms with Gasteiger partial charge in [0.1, 0.15) is 19.3 Å². The van der Waals surface area contributed by atoms with Crippen LogP contribution in [0.3, 0.4) is 0 Å². The van der Waals surface area contributed by atoms with Crippen LogP contribution in [0.5, 0.6) is 0 Å². The highest BCUT2D eigenvalue weighted by molar-refractivity contribution is 7.47. The van der Waals surface area contributed by atoms with Crippen LogP contribution in [0.25, 0.3) is 0 Å². The van der Waals surface area contributed by atoms with E-state index in [-0.39, 0.29) is 25.7 Å². The topological polar surface area (TPSA) is 237 Å². The van der Waals surface area contributed by atoms with Crippen molar-refractivity contribution < 1.29 is 80.2 Å². The molecule has 0 bridgehead atoms. The Kier molecular flexibility index (Phi) is 56.4. The molecule has 2 unspecified atom stereocenters. The van der Waals surface area contributed by atoms with Crippen molar-refractivity contribution in [3.8, 4) is 0 Å². The van der Waals surface area contributed by atoms with Crippen LogP contribution in [-0.2, 0) is 65.4 Å². The molecule has 0 radical (unpaired) electrons. The minimum atomic E-state index is -4.94. The van der Waals surface area contributed by atoms with E-state index in [0.29, 0.717) is 25.7 Å². The van der Waals surface area contributed by atoms with Crippen molar-refractivity contribution in [2.75, 3.05) is 39.6 Å². The Morgan fingerprint density at radius 2 is 0.554 bits per heavy atom. The second-order valence-corrected chi connectivity index (χ2v) is 26.5. The zero-order chi connectivity index (χ0) is 61.3. The van der Waals surface area contributed by atoms with E-state index in [1.54, 1.807) is 0 Å². The van der Waals surface area contributed by atoms with Crippen molar-refractivity contribution in [3.63, 3.8) is 0 Å². The molecule has 0 saturated carbocycles. The highest BCUT2D eigenvalue weighted by Gasteiger charge is 2.30. The van der Waals surface area contributed by atoms with E-state index in [2.05, 4.69) is 34.6 Å². The SMILES string of the molecule is CCCCCCCCCCCCCCCCCCC(=O)O[C@H](COC(=O)CCCCCCCCCCCCC(C)C)COP(=O)(O)OC[C@@H](O)COP(=O)(O)OC[C@@H](COC(=O)CCCCCCC)OC(=O)CCCCCCCCCCC. The van der Waals surface area contributed by atoms with Gasteiger partial charge in [-0.25, -0.2) is 9.13 Å². The van der Waals surface area contributed by atoms with E-state index >= 15 is 0 Å². The molecular formula is C64H124O17P2. The Hall–Kier alpha value is -1.94. The van der Waals surface area contributed by atoms with Crippen LogP contribution in [0.4, 0.5) is 0 Å². The van der Waals surface area contributed by atoms with Gasteiger partial charge in [0, 0.05) is 25.7 Å². The molecule has 0 saturated heterocycles. The molecule has 0 spiro atoms. The summed E-state index contributed by atoms with van der Waals surface area (Å²) in [5, 5.41) is 10.5. The van der Waals surface area contributed by atoms with Crippen LogP contribution in [-0.4, -0.2) is 96.7 Å². The number of esters is 4. The molecule has 0 aliphatic carbocycles. The average Bonchev–Trinajstić information content (AvgIpc) is 3.45. The number of hydrogen-bond acceptors (Lipinski definition) is 15. The van der Waals surface area contributed by atoms with Gasteiger partial charge in [0.05, 0.1) is 26.4 Å². The first-order valence-electron chi connectivity index (χ1n) is 33.6. The number of ether oxygens (including phenoxy) is 4. The molecule has 3 N–H and O–H groups in total. The minimum Gasteiger partial charge on any atom is -0.462 e. The molecule has 0 aliphatic heterocycles. The molecule has 5 atom stereocenters.